The minimum atomic E-state index is -3.70. The average Bonchev–Trinajstić information content (AvgIpc) is 2.95. The number of methoxy groups -OCH3 is 1. The SMILES string of the molecule is COC1(CNS(=O)(=O)N2CCCC(C(=O)O)C2)CCOC1. The van der Waals surface area contributed by atoms with E-state index in [1.807, 2.05) is 0 Å². The molecule has 2 N–H and O–H groups in total. The number of ether oxygens (including phenoxy) is 2. The smallest absolute Gasteiger partial charge is 0.307 e. The van der Waals surface area contributed by atoms with Crippen LogP contribution in [0.4, 0.5) is 0 Å². The second-order valence-electron chi connectivity index (χ2n) is 5.55. The van der Waals surface area contributed by atoms with Crippen molar-refractivity contribution in [2.75, 3.05) is 40.0 Å². The van der Waals surface area contributed by atoms with E-state index in [2.05, 4.69) is 4.72 Å². The van der Waals surface area contributed by atoms with Crippen LogP contribution in [0, 0.1) is 5.92 Å². The van der Waals surface area contributed by atoms with Gasteiger partial charge in [-0.25, -0.2) is 0 Å². The summed E-state index contributed by atoms with van der Waals surface area (Å²) < 4.78 is 38.9. The minimum Gasteiger partial charge on any atom is -0.481 e. The van der Waals surface area contributed by atoms with Crippen molar-refractivity contribution >= 4 is 16.2 Å². The lowest BCUT2D eigenvalue weighted by Crippen LogP contribution is -2.52. The Bertz CT molecular complexity index is 474. The third kappa shape index (κ3) is 3.92. The fourth-order valence-corrected chi connectivity index (χ4v) is 4.01. The van der Waals surface area contributed by atoms with Gasteiger partial charge in [0.15, 0.2) is 0 Å². The van der Waals surface area contributed by atoms with Gasteiger partial charge in [0.05, 0.1) is 12.5 Å². The van der Waals surface area contributed by atoms with Gasteiger partial charge in [-0.15, -0.1) is 0 Å². The Hall–Kier alpha value is -0.740. The number of carboxylic acids is 1. The lowest BCUT2D eigenvalue weighted by atomic mass is 10.0. The van der Waals surface area contributed by atoms with Crippen molar-refractivity contribution in [3.05, 3.63) is 0 Å². The zero-order valence-electron chi connectivity index (χ0n) is 12.1. The van der Waals surface area contributed by atoms with E-state index < -0.39 is 27.7 Å². The molecule has 0 amide bonds. The van der Waals surface area contributed by atoms with Crippen molar-refractivity contribution < 1.29 is 27.8 Å². The molecule has 9 heteroatoms. The number of aliphatic carboxylic acids is 1. The summed E-state index contributed by atoms with van der Waals surface area (Å²) in [6.45, 7) is 1.38. The number of hydrogen-bond donors (Lipinski definition) is 2. The lowest BCUT2D eigenvalue weighted by Gasteiger charge is -2.32. The van der Waals surface area contributed by atoms with Gasteiger partial charge in [0.2, 0.25) is 0 Å². The number of rotatable bonds is 6. The molecule has 8 nitrogen and oxygen atoms in total. The van der Waals surface area contributed by atoms with Gasteiger partial charge in [0.1, 0.15) is 5.60 Å². The Kier molecular flexibility index (Phi) is 5.20. The third-order valence-electron chi connectivity index (χ3n) is 4.15. The van der Waals surface area contributed by atoms with Crippen LogP contribution < -0.4 is 4.72 Å². The number of carbonyl (C=O) groups is 1. The molecule has 2 saturated heterocycles. The normalized spacial score (nSPS) is 31.4. The van der Waals surface area contributed by atoms with Crippen molar-refractivity contribution in [1.29, 1.82) is 0 Å². The van der Waals surface area contributed by atoms with Gasteiger partial charge < -0.3 is 14.6 Å². The topological polar surface area (TPSA) is 105 Å². The molecule has 0 aromatic carbocycles. The van der Waals surface area contributed by atoms with Gasteiger partial charge in [0.25, 0.3) is 10.2 Å². The minimum absolute atomic E-state index is 0.0150. The summed E-state index contributed by atoms with van der Waals surface area (Å²) in [5, 5.41) is 9.02. The summed E-state index contributed by atoms with van der Waals surface area (Å²) in [5.74, 6) is -1.59. The molecule has 21 heavy (non-hydrogen) atoms. The van der Waals surface area contributed by atoms with E-state index in [0.717, 1.165) is 0 Å². The second-order valence-corrected chi connectivity index (χ2v) is 7.31. The molecule has 0 radical (unpaired) electrons. The van der Waals surface area contributed by atoms with Crippen LogP contribution in [0.15, 0.2) is 0 Å². The Morgan fingerprint density at radius 2 is 2.33 bits per heavy atom. The number of carboxylic acid groups (broad SMARTS) is 1. The van der Waals surface area contributed by atoms with Crippen LogP contribution in [0.5, 0.6) is 0 Å². The van der Waals surface area contributed by atoms with Crippen molar-refractivity contribution in [1.82, 2.24) is 9.03 Å². The number of nitrogens with zero attached hydrogens (tertiary/aromatic N) is 1. The zero-order chi connectivity index (χ0) is 15.5. The highest BCUT2D eigenvalue weighted by Crippen LogP contribution is 2.23. The largest absolute Gasteiger partial charge is 0.481 e. The van der Waals surface area contributed by atoms with Crippen LogP contribution in [0.3, 0.4) is 0 Å². The number of nitrogens with one attached hydrogen (secondary N) is 1. The van der Waals surface area contributed by atoms with Crippen LogP contribution in [0.1, 0.15) is 19.3 Å². The summed E-state index contributed by atoms with van der Waals surface area (Å²) in [4.78, 5) is 11.0. The van der Waals surface area contributed by atoms with E-state index in [4.69, 9.17) is 14.6 Å². The highest BCUT2D eigenvalue weighted by atomic mass is 32.2. The summed E-state index contributed by atoms with van der Waals surface area (Å²) in [6, 6.07) is 0. The molecule has 2 atom stereocenters. The second kappa shape index (κ2) is 6.57. The molecule has 0 aromatic rings. The van der Waals surface area contributed by atoms with E-state index in [-0.39, 0.29) is 13.1 Å². The Balaban J connectivity index is 1.96. The quantitative estimate of drug-likeness (QED) is 0.678. The standard InChI is InChI=1S/C12H22N2O6S/c1-19-12(4-6-20-9-12)8-13-21(17,18)14-5-2-3-10(7-14)11(15)16/h10,13H,2-9H2,1H3,(H,15,16). The summed E-state index contributed by atoms with van der Waals surface area (Å²) in [5.41, 5.74) is -0.630. The molecule has 2 aliphatic heterocycles. The average molecular weight is 322 g/mol. The molecule has 2 heterocycles. The van der Waals surface area contributed by atoms with Gasteiger partial charge in [-0.1, -0.05) is 0 Å². The first-order chi connectivity index (χ1) is 9.88. The van der Waals surface area contributed by atoms with Crippen LogP contribution in [0.25, 0.3) is 0 Å². The zero-order valence-corrected chi connectivity index (χ0v) is 12.9. The Labute approximate surface area is 124 Å². The van der Waals surface area contributed by atoms with Crippen LogP contribution >= 0.6 is 0 Å². The summed E-state index contributed by atoms with van der Waals surface area (Å²) in [6.07, 6.45) is 1.69. The van der Waals surface area contributed by atoms with E-state index in [0.29, 0.717) is 39.0 Å². The van der Waals surface area contributed by atoms with Gasteiger partial charge in [-0.3, -0.25) is 4.79 Å². The van der Waals surface area contributed by atoms with Crippen molar-refractivity contribution in [3.8, 4) is 0 Å². The predicted octanol–water partition coefficient (Wildman–Crippen LogP) is -0.577. The summed E-state index contributed by atoms with van der Waals surface area (Å²) in [7, 11) is -2.17. The molecule has 2 rings (SSSR count). The molecule has 122 valence electrons. The van der Waals surface area contributed by atoms with Crippen LogP contribution in [-0.4, -0.2) is 69.4 Å². The monoisotopic (exact) mass is 322 g/mol. The molecule has 0 bridgehead atoms. The fraction of sp³-hybridized carbons (Fsp3) is 0.917. The summed E-state index contributed by atoms with van der Waals surface area (Å²) >= 11 is 0. The fourth-order valence-electron chi connectivity index (χ4n) is 2.64. The first-order valence-electron chi connectivity index (χ1n) is 6.99. The maximum absolute atomic E-state index is 12.3. The first-order valence-corrected chi connectivity index (χ1v) is 8.43. The predicted molar refractivity (Wildman–Crippen MR) is 74.0 cm³/mol. The molecule has 2 aliphatic rings. The number of piperidine rings is 1. The van der Waals surface area contributed by atoms with E-state index in [1.165, 1.54) is 11.4 Å². The maximum atomic E-state index is 12.3. The molecule has 2 fully saturated rings. The highest BCUT2D eigenvalue weighted by Gasteiger charge is 2.38. The first kappa shape index (κ1) is 16.6. The lowest BCUT2D eigenvalue weighted by molar-refractivity contribution is -0.142. The highest BCUT2D eigenvalue weighted by molar-refractivity contribution is 7.87. The molecule has 0 saturated carbocycles. The maximum Gasteiger partial charge on any atom is 0.307 e. The Morgan fingerprint density at radius 1 is 1.57 bits per heavy atom. The van der Waals surface area contributed by atoms with Crippen LogP contribution in [-0.2, 0) is 24.5 Å². The van der Waals surface area contributed by atoms with Crippen molar-refractivity contribution in [3.63, 3.8) is 0 Å². The van der Waals surface area contributed by atoms with E-state index >= 15 is 0 Å². The van der Waals surface area contributed by atoms with Crippen molar-refractivity contribution in [2.45, 2.75) is 24.9 Å². The third-order valence-corrected chi connectivity index (χ3v) is 5.67. The van der Waals surface area contributed by atoms with Gasteiger partial charge in [0, 0.05) is 39.8 Å². The number of hydrogen-bond acceptors (Lipinski definition) is 5. The molecular weight excluding hydrogens is 300 g/mol. The van der Waals surface area contributed by atoms with Gasteiger partial charge in [-0.05, 0) is 12.8 Å². The van der Waals surface area contributed by atoms with Gasteiger partial charge in [-0.2, -0.15) is 17.4 Å². The Morgan fingerprint density at radius 3 is 2.90 bits per heavy atom. The molecule has 2 unspecified atom stereocenters. The molecule has 0 aliphatic carbocycles. The van der Waals surface area contributed by atoms with Crippen molar-refractivity contribution in [2.24, 2.45) is 5.92 Å². The van der Waals surface area contributed by atoms with Gasteiger partial charge >= 0.3 is 5.97 Å². The molecular formula is C12H22N2O6S. The van der Waals surface area contributed by atoms with E-state index in [9.17, 15) is 13.2 Å². The van der Waals surface area contributed by atoms with E-state index in [1.54, 1.807) is 0 Å². The van der Waals surface area contributed by atoms with Crippen LogP contribution in [0.2, 0.25) is 0 Å². The molecule has 0 aromatic heterocycles. The molecule has 0 spiro atoms.